The van der Waals surface area contributed by atoms with Gasteiger partial charge in [-0.25, -0.2) is 0 Å². The van der Waals surface area contributed by atoms with Crippen molar-refractivity contribution in [2.24, 2.45) is 0 Å². The maximum absolute atomic E-state index is 13.2. The van der Waals surface area contributed by atoms with Crippen LogP contribution in [0.2, 0.25) is 0 Å². The van der Waals surface area contributed by atoms with E-state index in [0.717, 1.165) is 35.8 Å². The van der Waals surface area contributed by atoms with E-state index >= 15 is 0 Å². The van der Waals surface area contributed by atoms with Crippen molar-refractivity contribution in [3.8, 4) is 5.75 Å². The molecule has 5 rings (SSSR count). The van der Waals surface area contributed by atoms with Gasteiger partial charge in [0, 0.05) is 43.2 Å². The highest BCUT2D eigenvalue weighted by molar-refractivity contribution is 8.04. The zero-order valence-corrected chi connectivity index (χ0v) is 20.4. The van der Waals surface area contributed by atoms with E-state index in [-0.39, 0.29) is 11.8 Å². The predicted molar refractivity (Wildman–Crippen MR) is 140 cm³/mol. The Labute approximate surface area is 209 Å². The Bertz CT molecular complexity index is 1250. The van der Waals surface area contributed by atoms with Gasteiger partial charge in [0.25, 0.3) is 11.8 Å². The summed E-state index contributed by atoms with van der Waals surface area (Å²) in [6, 6.07) is 23.5. The van der Waals surface area contributed by atoms with Gasteiger partial charge >= 0.3 is 0 Å². The first-order valence-corrected chi connectivity index (χ1v) is 12.5. The van der Waals surface area contributed by atoms with Crippen molar-refractivity contribution < 1.29 is 14.3 Å². The van der Waals surface area contributed by atoms with Gasteiger partial charge in [0.2, 0.25) is 0 Å². The summed E-state index contributed by atoms with van der Waals surface area (Å²) in [6.45, 7) is 3.98. The number of carbonyl (C=O) groups is 2. The van der Waals surface area contributed by atoms with Crippen molar-refractivity contribution in [3.63, 3.8) is 0 Å². The number of ether oxygens (including phenoxy) is 1. The number of fused-ring (bicyclic) bond motifs is 1. The number of piperazine rings is 1. The molecule has 0 unspecified atom stereocenters. The van der Waals surface area contributed by atoms with Crippen LogP contribution in [0.15, 0.2) is 82.6 Å². The topological polar surface area (TPSA) is 61.9 Å². The molecule has 178 valence electrons. The number of benzene rings is 3. The molecule has 1 saturated heterocycles. The molecule has 0 saturated carbocycles. The normalized spacial score (nSPS) is 17.1. The summed E-state index contributed by atoms with van der Waals surface area (Å²) >= 11 is 1.41. The fourth-order valence-electron chi connectivity index (χ4n) is 4.28. The summed E-state index contributed by atoms with van der Waals surface area (Å²) in [5.41, 5.74) is 3.49. The fraction of sp³-hybridized carbons (Fsp3) is 0.214. The SMILES string of the molecule is COc1ccc(C=C2Sc3ccc(C(=O)N4CCN(Cc5ccccc5)CC4)cc3NC2=O)cc1. The highest BCUT2D eigenvalue weighted by Crippen LogP contribution is 2.39. The van der Waals surface area contributed by atoms with Crippen LogP contribution in [0.1, 0.15) is 21.5 Å². The van der Waals surface area contributed by atoms with Gasteiger partial charge in [-0.1, -0.05) is 54.2 Å². The van der Waals surface area contributed by atoms with Crippen molar-refractivity contribution in [2.45, 2.75) is 11.4 Å². The Kier molecular flexibility index (Phi) is 6.88. The largest absolute Gasteiger partial charge is 0.497 e. The molecule has 35 heavy (non-hydrogen) atoms. The number of hydrogen-bond acceptors (Lipinski definition) is 5. The zero-order valence-electron chi connectivity index (χ0n) is 19.6. The highest BCUT2D eigenvalue weighted by Gasteiger charge is 2.25. The van der Waals surface area contributed by atoms with E-state index in [9.17, 15) is 9.59 Å². The number of nitrogens with zero attached hydrogens (tertiary/aromatic N) is 2. The molecule has 2 heterocycles. The molecule has 0 aliphatic carbocycles. The first-order chi connectivity index (χ1) is 17.1. The van der Waals surface area contributed by atoms with Crippen molar-refractivity contribution in [1.29, 1.82) is 0 Å². The van der Waals surface area contributed by atoms with Gasteiger partial charge in [-0.05, 0) is 47.5 Å². The minimum Gasteiger partial charge on any atom is -0.497 e. The number of rotatable bonds is 5. The molecule has 2 aliphatic heterocycles. The highest BCUT2D eigenvalue weighted by atomic mass is 32.2. The van der Waals surface area contributed by atoms with Crippen LogP contribution in [0.5, 0.6) is 5.75 Å². The Morgan fingerprint density at radius 3 is 2.46 bits per heavy atom. The lowest BCUT2D eigenvalue weighted by Gasteiger charge is -2.35. The van der Waals surface area contributed by atoms with Gasteiger partial charge < -0.3 is 15.0 Å². The lowest BCUT2D eigenvalue weighted by Crippen LogP contribution is -2.48. The Balaban J connectivity index is 1.23. The van der Waals surface area contributed by atoms with Crippen LogP contribution in [-0.2, 0) is 11.3 Å². The Hall–Kier alpha value is -3.55. The van der Waals surface area contributed by atoms with Crippen LogP contribution >= 0.6 is 11.8 Å². The van der Waals surface area contributed by atoms with E-state index in [1.165, 1.54) is 17.3 Å². The summed E-state index contributed by atoms with van der Waals surface area (Å²) in [5.74, 6) is 0.608. The van der Waals surface area contributed by atoms with Crippen molar-refractivity contribution in [1.82, 2.24) is 9.80 Å². The van der Waals surface area contributed by atoms with E-state index < -0.39 is 0 Å². The summed E-state index contributed by atoms with van der Waals surface area (Å²) in [6.07, 6.45) is 1.86. The number of carbonyl (C=O) groups excluding carboxylic acids is 2. The first kappa shape index (κ1) is 23.2. The molecule has 0 atom stereocenters. The first-order valence-electron chi connectivity index (χ1n) is 11.6. The maximum Gasteiger partial charge on any atom is 0.262 e. The van der Waals surface area contributed by atoms with E-state index in [1.807, 2.05) is 53.4 Å². The quantitative estimate of drug-likeness (QED) is 0.529. The van der Waals surface area contributed by atoms with Crippen LogP contribution < -0.4 is 10.1 Å². The number of nitrogens with one attached hydrogen (secondary N) is 1. The molecule has 3 aromatic carbocycles. The van der Waals surface area contributed by atoms with Crippen LogP contribution in [0.4, 0.5) is 5.69 Å². The monoisotopic (exact) mass is 485 g/mol. The van der Waals surface area contributed by atoms with Gasteiger partial charge in [0.05, 0.1) is 17.7 Å². The van der Waals surface area contributed by atoms with Crippen molar-refractivity contribution in [2.75, 3.05) is 38.6 Å². The van der Waals surface area contributed by atoms with Crippen LogP contribution in [-0.4, -0.2) is 54.9 Å². The molecule has 0 aromatic heterocycles. The molecule has 7 heteroatoms. The number of amides is 2. The minimum atomic E-state index is -0.169. The van der Waals surface area contributed by atoms with Gasteiger partial charge in [-0.15, -0.1) is 0 Å². The molecule has 3 aromatic rings. The maximum atomic E-state index is 13.2. The van der Waals surface area contributed by atoms with Gasteiger partial charge in [-0.2, -0.15) is 0 Å². The van der Waals surface area contributed by atoms with E-state index in [1.54, 1.807) is 13.2 Å². The lowest BCUT2D eigenvalue weighted by atomic mass is 10.1. The number of thioether (sulfide) groups is 1. The van der Waals surface area contributed by atoms with Crippen LogP contribution in [0.25, 0.3) is 6.08 Å². The fourth-order valence-corrected chi connectivity index (χ4v) is 5.21. The minimum absolute atomic E-state index is 0.00554. The molecular formula is C28H27N3O3S. The van der Waals surface area contributed by atoms with Crippen LogP contribution in [0, 0.1) is 0 Å². The number of anilines is 1. The summed E-state index contributed by atoms with van der Waals surface area (Å²) in [4.78, 5) is 31.7. The van der Waals surface area contributed by atoms with E-state index in [2.05, 4.69) is 34.5 Å². The lowest BCUT2D eigenvalue weighted by molar-refractivity contribution is -0.112. The zero-order chi connectivity index (χ0) is 24.2. The standard InChI is InChI=1S/C28H27N3O3S/c1-34-23-10-7-20(8-11-23)17-26-27(32)29-24-18-22(9-12-25(24)35-26)28(33)31-15-13-30(14-16-31)19-21-5-3-2-4-6-21/h2-12,17-18H,13-16,19H2,1H3,(H,29,32). The van der Waals surface area contributed by atoms with Crippen LogP contribution in [0.3, 0.4) is 0 Å². The average molecular weight is 486 g/mol. The smallest absolute Gasteiger partial charge is 0.262 e. The second-order valence-electron chi connectivity index (χ2n) is 8.60. The summed E-state index contributed by atoms with van der Waals surface area (Å²) in [7, 11) is 1.62. The molecule has 0 bridgehead atoms. The predicted octanol–water partition coefficient (Wildman–Crippen LogP) is 4.74. The third-order valence-corrected chi connectivity index (χ3v) is 7.34. The third-order valence-electron chi connectivity index (χ3n) is 6.24. The van der Waals surface area contributed by atoms with Gasteiger partial charge in [0.1, 0.15) is 5.75 Å². The molecule has 0 spiro atoms. The molecular weight excluding hydrogens is 458 g/mol. The third kappa shape index (κ3) is 5.42. The molecule has 2 amide bonds. The van der Waals surface area contributed by atoms with Crippen molar-refractivity contribution >= 4 is 35.3 Å². The Morgan fingerprint density at radius 2 is 1.74 bits per heavy atom. The average Bonchev–Trinajstić information content (AvgIpc) is 2.90. The second kappa shape index (κ2) is 10.4. The summed E-state index contributed by atoms with van der Waals surface area (Å²) < 4.78 is 5.19. The van der Waals surface area contributed by atoms with Gasteiger partial charge in [0.15, 0.2) is 0 Å². The van der Waals surface area contributed by atoms with E-state index in [0.29, 0.717) is 29.2 Å². The molecule has 2 aliphatic rings. The molecule has 1 fully saturated rings. The van der Waals surface area contributed by atoms with E-state index in [4.69, 9.17) is 4.74 Å². The number of methoxy groups -OCH3 is 1. The second-order valence-corrected chi connectivity index (χ2v) is 9.69. The number of hydrogen-bond donors (Lipinski definition) is 1. The molecule has 1 N–H and O–H groups in total. The van der Waals surface area contributed by atoms with Crippen molar-refractivity contribution in [3.05, 3.63) is 94.4 Å². The molecule has 6 nitrogen and oxygen atoms in total. The Morgan fingerprint density at radius 1 is 1.00 bits per heavy atom. The van der Waals surface area contributed by atoms with Gasteiger partial charge in [-0.3, -0.25) is 14.5 Å². The molecule has 0 radical (unpaired) electrons. The summed E-state index contributed by atoms with van der Waals surface area (Å²) in [5, 5.41) is 2.95.